The molecule has 2 amide bonds. The fourth-order valence-electron chi connectivity index (χ4n) is 5.33. The summed E-state index contributed by atoms with van der Waals surface area (Å²) in [5.41, 5.74) is 2.44. The second-order valence-corrected chi connectivity index (χ2v) is 9.36. The molecule has 4 atom stereocenters. The second-order valence-electron chi connectivity index (χ2n) is 9.36. The largest absolute Gasteiger partial charge is 0.357 e. The molecule has 7 nitrogen and oxygen atoms in total. The van der Waals surface area contributed by atoms with Crippen molar-refractivity contribution in [1.82, 2.24) is 20.4 Å². The fraction of sp³-hybridized carbons (Fsp3) is 0.560. The Hall–Kier alpha value is -2.67. The first-order valence-electron chi connectivity index (χ1n) is 11.8. The maximum absolute atomic E-state index is 12.8. The molecule has 2 aliphatic carbocycles. The van der Waals surface area contributed by atoms with Crippen LogP contribution in [0.15, 0.2) is 41.4 Å². The van der Waals surface area contributed by atoms with E-state index in [0.29, 0.717) is 26.1 Å². The molecule has 4 unspecified atom stereocenters. The third kappa shape index (κ3) is 4.72. The number of likely N-dealkylation sites (tertiary alicyclic amines) is 1. The molecule has 1 aromatic rings. The van der Waals surface area contributed by atoms with Gasteiger partial charge in [0.2, 0.25) is 11.8 Å². The maximum atomic E-state index is 12.8. The number of nitrogens with one attached hydrogen (secondary N) is 2. The second kappa shape index (κ2) is 9.86. The van der Waals surface area contributed by atoms with Crippen LogP contribution in [0, 0.1) is 23.7 Å². The van der Waals surface area contributed by atoms with Crippen LogP contribution in [0.5, 0.6) is 0 Å². The Morgan fingerprint density at radius 3 is 2.44 bits per heavy atom. The van der Waals surface area contributed by atoms with Gasteiger partial charge in [-0.3, -0.25) is 14.5 Å². The van der Waals surface area contributed by atoms with Crippen LogP contribution in [0.2, 0.25) is 0 Å². The molecule has 2 fully saturated rings. The summed E-state index contributed by atoms with van der Waals surface area (Å²) in [6.07, 6.45) is 5.96. The molecule has 2 bridgehead atoms. The van der Waals surface area contributed by atoms with Crippen LogP contribution < -0.4 is 10.6 Å². The molecule has 3 aliphatic rings. The summed E-state index contributed by atoms with van der Waals surface area (Å²) in [5.74, 6) is 1.16. The molecule has 7 heteroatoms. The average Bonchev–Trinajstić information content (AvgIpc) is 3.44. The number of imide groups is 1. The van der Waals surface area contributed by atoms with Crippen LogP contribution in [-0.4, -0.2) is 61.3 Å². The summed E-state index contributed by atoms with van der Waals surface area (Å²) in [4.78, 5) is 33.9. The Bertz CT molecular complexity index is 879. The molecule has 4 rings (SSSR count). The van der Waals surface area contributed by atoms with Gasteiger partial charge < -0.3 is 15.5 Å². The Kier molecular flexibility index (Phi) is 6.94. The number of amides is 2. The SMILES string of the molecule is CCNC(=NCc1cccc(CN(C)C)c1)NCCCN1C(=O)C2C3C=CC(C3)C2C1=O. The van der Waals surface area contributed by atoms with Crippen LogP contribution in [0.25, 0.3) is 0 Å². The molecule has 1 aromatic carbocycles. The number of carbonyl (C=O) groups excluding carboxylic acids is 2. The molecule has 1 heterocycles. The number of hydrogen-bond acceptors (Lipinski definition) is 4. The minimum atomic E-state index is -0.104. The van der Waals surface area contributed by atoms with Crippen molar-refractivity contribution in [3.8, 4) is 0 Å². The summed E-state index contributed by atoms with van der Waals surface area (Å²) in [6.45, 7) is 5.45. The normalized spacial score (nSPS) is 26.4. The van der Waals surface area contributed by atoms with Gasteiger partial charge in [0.05, 0.1) is 18.4 Å². The van der Waals surface area contributed by atoms with Crippen molar-refractivity contribution in [2.24, 2.45) is 28.7 Å². The number of carbonyl (C=O) groups is 2. The van der Waals surface area contributed by atoms with E-state index in [0.717, 1.165) is 25.5 Å². The van der Waals surface area contributed by atoms with Crippen LogP contribution >= 0.6 is 0 Å². The van der Waals surface area contributed by atoms with Crippen molar-refractivity contribution in [1.29, 1.82) is 0 Å². The maximum Gasteiger partial charge on any atom is 0.233 e. The highest BCUT2D eigenvalue weighted by atomic mass is 16.2. The Labute approximate surface area is 190 Å². The van der Waals surface area contributed by atoms with E-state index in [1.807, 2.05) is 6.92 Å². The average molecular weight is 438 g/mol. The minimum Gasteiger partial charge on any atom is -0.357 e. The zero-order chi connectivity index (χ0) is 22.7. The van der Waals surface area contributed by atoms with Crippen molar-refractivity contribution in [2.75, 3.05) is 33.7 Å². The van der Waals surface area contributed by atoms with Crippen molar-refractivity contribution < 1.29 is 9.59 Å². The van der Waals surface area contributed by atoms with Crippen LogP contribution in [0.4, 0.5) is 0 Å². The van der Waals surface area contributed by atoms with Crippen molar-refractivity contribution in [3.05, 3.63) is 47.5 Å². The highest BCUT2D eigenvalue weighted by Gasteiger charge is 2.58. The summed E-state index contributed by atoms with van der Waals surface area (Å²) >= 11 is 0. The van der Waals surface area contributed by atoms with Gasteiger partial charge in [-0.2, -0.15) is 0 Å². The predicted molar refractivity (Wildman–Crippen MR) is 126 cm³/mol. The standard InChI is InChI=1S/C25H35N5O2/c1-4-26-25(28-15-17-7-5-8-18(13-17)16-29(2)3)27-11-6-12-30-23(31)21-19-9-10-20(14-19)22(21)24(30)32/h5,7-10,13,19-22H,4,6,11-12,14-16H2,1-3H3,(H2,26,27,28). The number of guanidine groups is 1. The molecule has 0 radical (unpaired) electrons. The van der Waals surface area contributed by atoms with Crippen molar-refractivity contribution in [2.45, 2.75) is 32.9 Å². The molecular formula is C25H35N5O2. The first-order chi connectivity index (χ1) is 15.5. The summed E-state index contributed by atoms with van der Waals surface area (Å²) < 4.78 is 0. The van der Waals surface area contributed by atoms with Crippen LogP contribution in [0.1, 0.15) is 30.9 Å². The zero-order valence-electron chi connectivity index (χ0n) is 19.4. The predicted octanol–water partition coefficient (Wildman–Crippen LogP) is 2.00. The molecule has 1 saturated heterocycles. The Morgan fingerprint density at radius 2 is 1.78 bits per heavy atom. The minimum absolute atomic E-state index is 0.0371. The lowest BCUT2D eigenvalue weighted by molar-refractivity contribution is -0.140. The number of aliphatic imine (C=N–C) groups is 1. The molecule has 0 aromatic heterocycles. The van der Waals surface area contributed by atoms with Gasteiger partial charge in [0.1, 0.15) is 0 Å². The number of benzene rings is 1. The lowest BCUT2D eigenvalue weighted by atomic mass is 9.85. The van der Waals surface area contributed by atoms with E-state index in [1.165, 1.54) is 16.0 Å². The van der Waals surface area contributed by atoms with Gasteiger partial charge in [0.25, 0.3) is 0 Å². The molecule has 1 saturated carbocycles. The van der Waals surface area contributed by atoms with Gasteiger partial charge in [-0.25, -0.2) is 4.99 Å². The molecule has 1 aliphatic heterocycles. The van der Waals surface area contributed by atoms with E-state index in [1.54, 1.807) is 0 Å². The number of hydrogen-bond donors (Lipinski definition) is 2. The van der Waals surface area contributed by atoms with Gasteiger partial charge >= 0.3 is 0 Å². The van der Waals surface area contributed by atoms with Gasteiger partial charge in [0.15, 0.2) is 5.96 Å². The molecule has 0 spiro atoms. The van der Waals surface area contributed by atoms with E-state index in [2.05, 4.69) is 66.0 Å². The molecule has 2 N–H and O–H groups in total. The molecule has 32 heavy (non-hydrogen) atoms. The van der Waals surface area contributed by atoms with Gasteiger partial charge in [-0.15, -0.1) is 0 Å². The van der Waals surface area contributed by atoms with Crippen molar-refractivity contribution >= 4 is 17.8 Å². The number of allylic oxidation sites excluding steroid dienone is 2. The number of rotatable bonds is 9. The summed E-state index contributed by atoms with van der Waals surface area (Å²) in [5, 5.41) is 6.61. The van der Waals surface area contributed by atoms with Crippen LogP contribution in [-0.2, 0) is 22.7 Å². The first kappa shape index (κ1) is 22.5. The van der Waals surface area contributed by atoms with E-state index < -0.39 is 0 Å². The Balaban J connectivity index is 1.26. The zero-order valence-corrected chi connectivity index (χ0v) is 19.4. The lowest BCUT2D eigenvalue weighted by Gasteiger charge is -2.18. The van der Waals surface area contributed by atoms with Gasteiger partial charge in [0, 0.05) is 26.2 Å². The number of nitrogens with zero attached hydrogens (tertiary/aromatic N) is 3. The highest BCUT2D eigenvalue weighted by molar-refractivity contribution is 6.06. The third-order valence-corrected chi connectivity index (χ3v) is 6.67. The van der Waals surface area contributed by atoms with E-state index in [-0.39, 0.29) is 35.5 Å². The molecule has 172 valence electrons. The lowest BCUT2D eigenvalue weighted by Crippen LogP contribution is -2.40. The topological polar surface area (TPSA) is 77.0 Å². The monoisotopic (exact) mass is 437 g/mol. The smallest absolute Gasteiger partial charge is 0.233 e. The van der Waals surface area contributed by atoms with Gasteiger partial charge in [-0.05, 0) is 56.8 Å². The quantitative estimate of drug-likeness (QED) is 0.203. The van der Waals surface area contributed by atoms with Crippen molar-refractivity contribution in [3.63, 3.8) is 0 Å². The summed E-state index contributed by atoms with van der Waals surface area (Å²) in [6, 6.07) is 8.49. The third-order valence-electron chi connectivity index (χ3n) is 6.67. The fourth-order valence-corrected chi connectivity index (χ4v) is 5.33. The van der Waals surface area contributed by atoms with Crippen LogP contribution in [0.3, 0.4) is 0 Å². The first-order valence-corrected chi connectivity index (χ1v) is 11.8. The molecular weight excluding hydrogens is 402 g/mol. The Morgan fingerprint density at radius 1 is 1.09 bits per heavy atom. The summed E-state index contributed by atoms with van der Waals surface area (Å²) in [7, 11) is 4.13. The van der Waals surface area contributed by atoms with E-state index in [4.69, 9.17) is 4.99 Å². The number of fused-ring (bicyclic) bond motifs is 5. The van der Waals surface area contributed by atoms with Gasteiger partial charge in [-0.1, -0.05) is 36.4 Å². The van der Waals surface area contributed by atoms with E-state index >= 15 is 0 Å². The van der Waals surface area contributed by atoms with E-state index in [9.17, 15) is 9.59 Å². The highest BCUT2D eigenvalue weighted by Crippen LogP contribution is 2.52.